The molecule has 1 rings (SSSR count). The van der Waals surface area contributed by atoms with Gasteiger partial charge in [0.05, 0.1) is 5.02 Å². The van der Waals surface area contributed by atoms with Crippen molar-refractivity contribution in [2.24, 2.45) is 5.73 Å². The van der Waals surface area contributed by atoms with Gasteiger partial charge in [-0.05, 0) is 43.9 Å². The lowest BCUT2D eigenvalue weighted by atomic mass is 9.94. The van der Waals surface area contributed by atoms with Crippen LogP contribution in [-0.4, -0.2) is 5.54 Å². The van der Waals surface area contributed by atoms with Crippen molar-refractivity contribution in [2.75, 3.05) is 0 Å². The van der Waals surface area contributed by atoms with Gasteiger partial charge >= 0.3 is 0 Å². The Balaban J connectivity index is 3.11. The Kier molecular flexibility index (Phi) is 3.74. The molecular formula is C12H17ClFN. The van der Waals surface area contributed by atoms with E-state index in [0.717, 1.165) is 12.0 Å². The third kappa shape index (κ3) is 3.47. The molecule has 0 fully saturated rings. The number of hydrogen-bond donors (Lipinski definition) is 1. The minimum absolute atomic E-state index is 0.189. The van der Waals surface area contributed by atoms with E-state index in [1.54, 1.807) is 6.07 Å². The summed E-state index contributed by atoms with van der Waals surface area (Å²) in [4.78, 5) is 0. The van der Waals surface area contributed by atoms with Gasteiger partial charge in [0.15, 0.2) is 0 Å². The van der Waals surface area contributed by atoms with E-state index in [4.69, 9.17) is 17.3 Å². The van der Waals surface area contributed by atoms with E-state index in [-0.39, 0.29) is 10.8 Å². The quantitative estimate of drug-likeness (QED) is 0.846. The molecule has 0 heterocycles. The SMILES string of the molecule is CCc1cc(Cl)c(F)c(CC(C)(C)N)c1. The summed E-state index contributed by atoms with van der Waals surface area (Å²) in [6.07, 6.45) is 1.34. The van der Waals surface area contributed by atoms with Crippen LogP contribution in [0.15, 0.2) is 12.1 Å². The summed E-state index contributed by atoms with van der Waals surface area (Å²) in [5.74, 6) is -0.340. The second-order valence-electron chi connectivity index (χ2n) is 4.57. The third-order valence-electron chi connectivity index (χ3n) is 2.22. The van der Waals surface area contributed by atoms with Crippen LogP contribution < -0.4 is 5.73 Å². The van der Waals surface area contributed by atoms with E-state index in [9.17, 15) is 4.39 Å². The predicted molar refractivity (Wildman–Crippen MR) is 62.8 cm³/mol. The topological polar surface area (TPSA) is 26.0 Å². The molecule has 15 heavy (non-hydrogen) atoms. The Morgan fingerprint density at radius 3 is 2.47 bits per heavy atom. The molecule has 0 aliphatic rings. The van der Waals surface area contributed by atoms with Gasteiger partial charge in [0, 0.05) is 5.54 Å². The van der Waals surface area contributed by atoms with Crippen LogP contribution in [0.1, 0.15) is 31.9 Å². The number of halogens is 2. The number of benzene rings is 1. The van der Waals surface area contributed by atoms with E-state index in [1.807, 2.05) is 26.8 Å². The zero-order chi connectivity index (χ0) is 11.6. The summed E-state index contributed by atoms with van der Waals surface area (Å²) in [5.41, 5.74) is 7.09. The summed E-state index contributed by atoms with van der Waals surface area (Å²) < 4.78 is 13.7. The minimum atomic E-state index is -0.420. The summed E-state index contributed by atoms with van der Waals surface area (Å²) in [7, 11) is 0. The highest BCUT2D eigenvalue weighted by atomic mass is 35.5. The highest BCUT2D eigenvalue weighted by molar-refractivity contribution is 6.30. The van der Waals surface area contributed by atoms with Crippen LogP contribution in [0.3, 0.4) is 0 Å². The van der Waals surface area contributed by atoms with Gasteiger partial charge in [0.25, 0.3) is 0 Å². The van der Waals surface area contributed by atoms with Gasteiger partial charge in [0.2, 0.25) is 0 Å². The first-order valence-corrected chi connectivity index (χ1v) is 5.47. The van der Waals surface area contributed by atoms with Crippen molar-refractivity contribution in [2.45, 2.75) is 39.2 Å². The van der Waals surface area contributed by atoms with Crippen LogP contribution in [0.25, 0.3) is 0 Å². The van der Waals surface area contributed by atoms with Crippen molar-refractivity contribution in [3.63, 3.8) is 0 Å². The van der Waals surface area contributed by atoms with Crippen molar-refractivity contribution >= 4 is 11.6 Å². The molecule has 0 aromatic heterocycles. The van der Waals surface area contributed by atoms with Crippen LogP contribution in [0.4, 0.5) is 4.39 Å². The first-order valence-electron chi connectivity index (χ1n) is 5.09. The Morgan fingerprint density at radius 1 is 1.40 bits per heavy atom. The van der Waals surface area contributed by atoms with Gasteiger partial charge in [0.1, 0.15) is 5.82 Å². The third-order valence-corrected chi connectivity index (χ3v) is 2.49. The summed E-state index contributed by atoms with van der Waals surface area (Å²) in [6.45, 7) is 5.76. The van der Waals surface area contributed by atoms with Gasteiger partial charge in [-0.15, -0.1) is 0 Å². The molecular weight excluding hydrogens is 213 g/mol. The molecule has 0 radical (unpaired) electrons. The summed E-state index contributed by atoms with van der Waals surface area (Å²) in [6, 6.07) is 3.51. The lowest BCUT2D eigenvalue weighted by Crippen LogP contribution is -2.34. The monoisotopic (exact) mass is 229 g/mol. The maximum Gasteiger partial charge on any atom is 0.145 e. The molecule has 0 saturated heterocycles. The number of rotatable bonds is 3. The van der Waals surface area contributed by atoms with Crippen molar-refractivity contribution in [3.05, 3.63) is 34.1 Å². The molecule has 0 saturated carbocycles. The molecule has 0 aliphatic heterocycles. The molecule has 3 heteroatoms. The van der Waals surface area contributed by atoms with Gasteiger partial charge < -0.3 is 5.73 Å². The van der Waals surface area contributed by atoms with E-state index in [2.05, 4.69) is 0 Å². The van der Waals surface area contributed by atoms with Crippen LogP contribution in [0.5, 0.6) is 0 Å². The van der Waals surface area contributed by atoms with Gasteiger partial charge in [-0.2, -0.15) is 0 Å². The van der Waals surface area contributed by atoms with E-state index in [0.29, 0.717) is 12.0 Å². The molecule has 1 aromatic carbocycles. The second-order valence-corrected chi connectivity index (χ2v) is 4.98. The molecule has 1 nitrogen and oxygen atoms in total. The smallest absolute Gasteiger partial charge is 0.145 e. The van der Waals surface area contributed by atoms with Gasteiger partial charge in [-0.1, -0.05) is 24.6 Å². The highest BCUT2D eigenvalue weighted by Crippen LogP contribution is 2.23. The second kappa shape index (κ2) is 4.50. The fourth-order valence-electron chi connectivity index (χ4n) is 1.53. The first kappa shape index (κ1) is 12.5. The Hall–Kier alpha value is -0.600. The van der Waals surface area contributed by atoms with E-state index in [1.165, 1.54) is 0 Å². The van der Waals surface area contributed by atoms with E-state index >= 15 is 0 Å². The van der Waals surface area contributed by atoms with Gasteiger partial charge in [-0.25, -0.2) is 4.39 Å². The molecule has 0 bridgehead atoms. The zero-order valence-corrected chi connectivity index (χ0v) is 10.2. The zero-order valence-electron chi connectivity index (χ0n) is 9.40. The lowest BCUT2D eigenvalue weighted by Gasteiger charge is -2.19. The van der Waals surface area contributed by atoms with Crippen LogP contribution >= 0.6 is 11.6 Å². The van der Waals surface area contributed by atoms with Crippen molar-refractivity contribution in [1.29, 1.82) is 0 Å². The Bertz CT molecular complexity index is 355. The molecule has 2 N–H and O–H groups in total. The van der Waals surface area contributed by atoms with Gasteiger partial charge in [-0.3, -0.25) is 0 Å². The Morgan fingerprint density at radius 2 is 2.00 bits per heavy atom. The Labute approximate surface area is 95.4 Å². The molecule has 0 amide bonds. The summed E-state index contributed by atoms with van der Waals surface area (Å²) >= 11 is 5.81. The van der Waals surface area contributed by atoms with Crippen molar-refractivity contribution in [3.8, 4) is 0 Å². The van der Waals surface area contributed by atoms with Crippen LogP contribution in [-0.2, 0) is 12.8 Å². The fourth-order valence-corrected chi connectivity index (χ4v) is 1.79. The molecule has 84 valence electrons. The predicted octanol–water partition coefficient (Wildman–Crippen LogP) is 3.32. The molecule has 0 aliphatic carbocycles. The number of aryl methyl sites for hydroxylation is 1. The summed E-state index contributed by atoms with van der Waals surface area (Å²) in [5, 5.41) is 0.189. The number of hydrogen-bond acceptors (Lipinski definition) is 1. The average molecular weight is 230 g/mol. The van der Waals surface area contributed by atoms with Crippen LogP contribution in [0, 0.1) is 5.82 Å². The first-order chi connectivity index (χ1) is 6.83. The highest BCUT2D eigenvalue weighted by Gasteiger charge is 2.17. The largest absolute Gasteiger partial charge is 0.325 e. The maximum absolute atomic E-state index is 13.7. The average Bonchev–Trinajstić information content (AvgIpc) is 2.10. The minimum Gasteiger partial charge on any atom is -0.325 e. The maximum atomic E-state index is 13.7. The van der Waals surface area contributed by atoms with E-state index < -0.39 is 5.54 Å². The van der Waals surface area contributed by atoms with Crippen molar-refractivity contribution in [1.82, 2.24) is 0 Å². The fraction of sp³-hybridized carbons (Fsp3) is 0.500. The molecule has 0 atom stereocenters. The van der Waals surface area contributed by atoms with Crippen LogP contribution in [0.2, 0.25) is 5.02 Å². The standard InChI is InChI=1S/C12H17ClFN/c1-4-8-5-9(7-12(2,3)15)11(14)10(13)6-8/h5-6H,4,7,15H2,1-3H3. The number of nitrogens with two attached hydrogens (primary N) is 1. The lowest BCUT2D eigenvalue weighted by molar-refractivity contribution is 0.497. The molecule has 1 aromatic rings. The molecule has 0 spiro atoms. The molecule has 0 unspecified atom stereocenters. The van der Waals surface area contributed by atoms with Crippen molar-refractivity contribution < 1.29 is 4.39 Å². The normalized spacial score (nSPS) is 11.9.